The van der Waals surface area contributed by atoms with E-state index in [-0.39, 0.29) is 0 Å². The third-order valence-electron chi connectivity index (χ3n) is 1.85. The first-order valence-corrected chi connectivity index (χ1v) is 4.23. The Morgan fingerprint density at radius 1 is 1.23 bits per heavy atom. The van der Waals surface area contributed by atoms with Gasteiger partial charge >= 0.3 is 0 Å². The summed E-state index contributed by atoms with van der Waals surface area (Å²) in [4.78, 5) is 3.05. The lowest BCUT2D eigenvalue weighted by molar-refractivity contribution is 1.37. The number of aromatic nitrogens is 1. The molecule has 0 amide bonds. The van der Waals surface area contributed by atoms with Crippen LogP contribution in [0.3, 0.4) is 0 Å². The second-order valence-corrected chi connectivity index (χ2v) is 3.18. The van der Waals surface area contributed by atoms with Crippen molar-refractivity contribution in [1.82, 2.24) is 4.98 Å². The van der Waals surface area contributed by atoms with Gasteiger partial charge in [-0.25, -0.2) is 0 Å². The van der Waals surface area contributed by atoms with E-state index in [0.29, 0.717) is 10.2 Å². The van der Waals surface area contributed by atoms with Gasteiger partial charge in [-0.3, -0.25) is 0 Å². The summed E-state index contributed by atoms with van der Waals surface area (Å²) in [7, 11) is 0. The van der Waals surface area contributed by atoms with Gasteiger partial charge in [-0.15, -0.1) is 0 Å². The first-order valence-electron chi connectivity index (χ1n) is 3.83. The summed E-state index contributed by atoms with van der Waals surface area (Å²) in [6, 6.07) is 11.3. The third kappa shape index (κ3) is 1.44. The molecule has 0 aliphatic carbocycles. The van der Waals surface area contributed by atoms with E-state index in [1.54, 1.807) is 6.07 Å². The van der Waals surface area contributed by atoms with Crippen molar-refractivity contribution in [3.63, 3.8) is 0 Å². The average molecular weight is 186 g/mol. The van der Waals surface area contributed by atoms with Gasteiger partial charge in [0.1, 0.15) is 4.64 Å². The fourth-order valence-electron chi connectivity index (χ4n) is 1.22. The van der Waals surface area contributed by atoms with E-state index in [2.05, 4.69) is 11.1 Å². The molecule has 2 aromatic rings. The summed E-state index contributed by atoms with van der Waals surface area (Å²) < 4.78 is 0.706. The molecule has 62 valence electrons. The van der Waals surface area contributed by atoms with Crippen LogP contribution in [0.25, 0.3) is 10.9 Å². The van der Waals surface area contributed by atoms with Crippen molar-refractivity contribution in [3.05, 3.63) is 40.5 Å². The Kier molecular flexibility index (Phi) is 1.84. The van der Waals surface area contributed by atoms with Crippen LogP contribution in [-0.4, -0.2) is 4.98 Å². The maximum absolute atomic E-state index is 8.67. The van der Waals surface area contributed by atoms with Crippen LogP contribution in [0.15, 0.2) is 30.3 Å². The largest absolute Gasteiger partial charge is 0.346 e. The van der Waals surface area contributed by atoms with Crippen LogP contribution in [0.2, 0.25) is 0 Å². The minimum Gasteiger partial charge on any atom is -0.346 e. The van der Waals surface area contributed by atoms with E-state index in [1.165, 1.54) is 0 Å². The maximum atomic E-state index is 8.67. The second-order valence-electron chi connectivity index (χ2n) is 2.74. The van der Waals surface area contributed by atoms with Crippen LogP contribution in [0, 0.1) is 16.0 Å². The lowest BCUT2D eigenvalue weighted by atomic mass is 10.1. The molecule has 1 aromatic carbocycles. The third-order valence-corrected chi connectivity index (χ3v) is 2.09. The number of aromatic amines is 1. The quantitative estimate of drug-likeness (QED) is 0.642. The fraction of sp³-hybridized carbons (Fsp3) is 0. The highest BCUT2D eigenvalue weighted by molar-refractivity contribution is 7.71. The molecule has 0 unspecified atom stereocenters. The Labute approximate surface area is 80.4 Å². The predicted molar refractivity (Wildman–Crippen MR) is 53.8 cm³/mol. The molecule has 1 N–H and O–H groups in total. The molecule has 2 nitrogen and oxygen atoms in total. The molecule has 13 heavy (non-hydrogen) atoms. The van der Waals surface area contributed by atoms with Crippen molar-refractivity contribution < 1.29 is 0 Å². The van der Waals surface area contributed by atoms with Crippen LogP contribution in [0.1, 0.15) is 5.56 Å². The zero-order valence-electron chi connectivity index (χ0n) is 6.74. The topological polar surface area (TPSA) is 39.6 Å². The Balaban J connectivity index is 2.82. The Bertz CT molecular complexity index is 549. The Morgan fingerprint density at radius 2 is 2.08 bits per heavy atom. The van der Waals surface area contributed by atoms with Crippen molar-refractivity contribution in [1.29, 1.82) is 5.26 Å². The first kappa shape index (κ1) is 7.96. The number of rotatable bonds is 0. The molecule has 2 rings (SSSR count). The number of hydrogen-bond donors (Lipinski definition) is 1. The summed E-state index contributed by atoms with van der Waals surface area (Å²) in [6.45, 7) is 0. The SMILES string of the molecule is N#Cc1ccc2[nH]c(=S)ccc2c1. The molecule has 3 heteroatoms. The predicted octanol–water partition coefficient (Wildman–Crippen LogP) is 2.77. The second kappa shape index (κ2) is 3.00. The molecular weight excluding hydrogens is 180 g/mol. The number of nitriles is 1. The van der Waals surface area contributed by atoms with Gasteiger partial charge in [0.2, 0.25) is 0 Å². The summed E-state index contributed by atoms with van der Waals surface area (Å²) in [5.74, 6) is 0. The number of benzene rings is 1. The lowest BCUT2D eigenvalue weighted by Gasteiger charge is -1.96. The molecule has 0 saturated heterocycles. The summed E-state index contributed by atoms with van der Waals surface area (Å²) in [5.41, 5.74) is 1.63. The van der Waals surface area contributed by atoms with Gasteiger partial charge in [-0.05, 0) is 35.7 Å². The van der Waals surface area contributed by atoms with Gasteiger partial charge in [0.15, 0.2) is 0 Å². The molecule has 0 saturated carbocycles. The van der Waals surface area contributed by atoms with Gasteiger partial charge in [-0.1, -0.05) is 12.2 Å². The minimum absolute atomic E-state index is 0.665. The molecule has 0 aliphatic heterocycles. The summed E-state index contributed by atoms with van der Waals surface area (Å²) in [5, 5.41) is 9.68. The van der Waals surface area contributed by atoms with Crippen molar-refractivity contribution in [2.24, 2.45) is 0 Å². The van der Waals surface area contributed by atoms with Crippen LogP contribution >= 0.6 is 12.2 Å². The standard InChI is InChI=1S/C10H6N2S/c11-6-7-1-3-9-8(5-7)2-4-10(13)12-9/h1-5H,(H,12,13). The van der Waals surface area contributed by atoms with Gasteiger partial charge < -0.3 is 4.98 Å². The number of H-pyrrole nitrogens is 1. The molecule has 0 radical (unpaired) electrons. The van der Waals surface area contributed by atoms with Crippen LogP contribution in [-0.2, 0) is 0 Å². The number of nitrogens with zero attached hydrogens (tertiary/aromatic N) is 1. The molecule has 0 fully saturated rings. The smallest absolute Gasteiger partial charge is 0.103 e. The molecule has 0 spiro atoms. The Hall–Kier alpha value is -1.66. The van der Waals surface area contributed by atoms with Crippen molar-refractivity contribution in [3.8, 4) is 6.07 Å². The van der Waals surface area contributed by atoms with E-state index in [9.17, 15) is 0 Å². The van der Waals surface area contributed by atoms with Crippen LogP contribution in [0.5, 0.6) is 0 Å². The first-order chi connectivity index (χ1) is 6.29. The fourth-order valence-corrected chi connectivity index (χ4v) is 1.40. The molecule has 0 aliphatic rings. The van der Waals surface area contributed by atoms with Crippen LogP contribution < -0.4 is 0 Å². The number of hydrogen-bond acceptors (Lipinski definition) is 2. The van der Waals surface area contributed by atoms with E-state index in [0.717, 1.165) is 10.9 Å². The zero-order valence-corrected chi connectivity index (χ0v) is 7.56. The van der Waals surface area contributed by atoms with Gasteiger partial charge in [0.05, 0.1) is 11.6 Å². The monoisotopic (exact) mass is 186 g/mol. The molecule has 0 atom stereocenters. The van der Waals surface area contributed by atoms with Gasteiger partial charge in [0, 0.05) is 5.52 Å². The summed E-state index contributed by atoms with van der Waals surface area (Å²) >= 11 is 4.98. The van der Waals surface area contributed by atoms with E-state index in [4.69, 9.17) is 17.5 Å². The van der Waals surface area contributed by atoms with E-state index in [1.807, 2.05) is 24.3 Å². The highest BCUT2D eigenvalue weighted by Gasteiger charge is 1.94. The van der Waals surface area contributed by atoms with Gasteiger partial charge in [0.25, 0.3) is 0 Å². The zero-order chi connectivity index (χ0) is 9.26. The Morgan fingerprint density at radius 3 is 2.85 bits per heavy atom. The lowest BCUT2D eigenvalue weighted by Crippen LogP contribution is -1.80. The maximum Gasteiger partial charge on any atom is 0.103 e. The molecular formula is C10H6N2S. The van der Waals surface area contributed by atoms with Crippen LogP contribution in [0.4, 0.5) is 0 Å². The number of fused-ring (bicyclic) bond motifs is 1. The van der Waals surface area contributed by atoms with Gasteiger partial charge in [-0.2, -0.15) is 5.26 Å². The molecule has 0 bridgehead atoms. The van der Waals surface area contributed by atoms with E-state index < -0.39 is 0 Å². The van der Waals surface area contributed by atoms with Crippen molar-refractivity contribution >= 4 is 23.1 Å². The highest BCUT2D eigenvalue weighted by Crippen LogP contribution is 2.12. The molecule has 1 aromatic heterocycles. The number of nitrogens with one attached hydrogen (secondary N) is 1. The average Bonchev–Trinajstić information content (AvgIpc) is 2.17. The number of pyridine rings is 1. The van der Waals surface area contributed by atoms with E-state index >= 15 is 0 Å². The van der Waals surface area contributed by atoms with Crippen molar-refractivity contribution in [2.75, 3.05) is 0 Å². The highest BCUT2D eigenvalue weighted by atomic mass is 32.1. The summed E-state index contributed by atoms with van der Waals surface area (Å²) in [6.07, 6.45) is 0. The molecule has 1 heterocycles. The normalized spacial score (nSPS) is 9.77. The van der Waals surface area contributed by atoms with Crippen molar-refractivity contribution in [2.45, 2.75) is 0 Å². The minimum atomic E-state index is 0.665.